The molecule has 1 fully saturated rings. The summed E-state index contributed by atoms with van der Waals surface area (Å²) in [6, 6.07) is 0. The first-order chi connectivity index (χ1) is 10.4. The Morgan fingerprint density at radius 2 is 2.00 bits per heavy atom. The summed E-state index contributed by atoms with van der Waals surface area (Å²) in [5.74, 6) is -1.01. The van der Waals surface area contributed by atoms with Crippen LogP contribution in [0.15, 0.2) is 12.2 Å². The van der Waals surface area contributed by atoms with Gasteiger partial charge in [0, 0.05) is 12.5 Å². The Kier molecular flexibility index (Phi) is 4.85. The van der Waals surface area contributed by atoms with E-state index in [1.807, 2.05) is 19.9 Å². The number of carbonyl (C=O) groups is 1. The van der Waals surface area contributed by atoms with Gasteiger partial charge in [-0.05, 0) is 32.0 Å². The van der Waals surface area contributed by atoms with Crippen molar-refractivity contribution in [2.24, 2.45) is 0 Å². The van der Waals surface area contributed by atoms with Crippen LogP contribution in [0.1, 0.15) is 41.0 Å². The topological polar surface area (TPSA) is 54.0 Å². The molecule has 0 radical (unpaired) electrons. The van der Waals surface area contributed by atoms with Crippen molar-refractivity contribution in [3.8, 4) is 0 Å². The monoisotopic (exact) mass is 342 g/mol. The summed E-state index contributed by atoms with van der Waals surface area (Å²) in [5.41, 5.74) is -0.810. The van der Waals surface area contributed by atoms with Gasteiger partial charge in [0.05, 0.1) is 13.2 Å². The Bertz CT molecular complexity index is 492. The summed E-state index contributed by atoms with van der Waals surface area (Å²) in [6.07, 6.45) is 3.56. The third-order valence-electron chi connectivity index (χ3n) is 5.10. The standard InChI is InChI=1S/C17H30O5Si/c1-15(2,3)23(6,7)20-12-17(10-8-9-14(18)22-17)13-11-19-16(4,5)21-13/h8-9,13H,10-12H2,1-7H3/t13-,17-/m0/s1. The normalized spacial score (nSPS) is 31.3. The molecule has 2 aliphatic rings. The zero-order valence-electron chi connectivity index (χ0n) is 15.4. The van der Waals surface area contributed by atoms with E-state index in [9.17, 15) is 4.79 Å². The Labute approximate surface area is 140 Å². The van der Waals surface area contributed by atoms with Gasteiger partial charge in [0.15, 0.2) is 19.7 Å². The average Bonchev–Trinajstić information content (AvgIpc) is 2.76. The summed E-state index contributed by atoms with van der Waals surface area (Å²) >= 11 is 0. The second-order valence-electron chi connectivity index (χ2n) is 8.46. The van der Waals surface area contributed by atoms with Crippen LogP contribution in [0.2, 0.25) is 18.1 Å². The molecule has 6 heteroatoms. The third-order valence-corrected chi connectivity index (χ3v) is 9.58. The van der Waals surface area contributed by atoms with Crippen LogP contribution in [-0.2, 0) is 23.4 Å². The summed E-state index contributed by atoms with van der Waals surface area (Å²) in [7, 11) is -1.96. The number of cyclic esters (lactones) is 1. The molecule has 0 unspecified atom stereocenters. The van der Waals surface area contributed by atoms with Crippen molar-refractivity contribution < 1.29 is 23.4 Å². The largest absolute Gasteiger partial charge is 0.450 e. The van der Waals surface area contributed by atoms with E-state index in [-0.39, 0.29) is 17.1 Å². The van der Waals surface area contributed by atoms with Crippen molar-refractivity contribution in [2.45, 2.75) is 76.7 Å². The minimum absolute atomic E-state index is 0.0923. The van der Waals surface area contributed by atoms with Crippen LogP contribution in [0.4, 0.5) is 0 Å². The Morgan fingerprint density at radius 3 is 2.48 bits per heavy atom. The fourth-order valence-corrected chi connectivity index (χ4v) is 3.51. The Morgan fingerprint density at radius 1 is 1.35 bits per heavy atom. The highest BCUT2D eigenvalue weighted by atomic mass is 28.4. The number of ether oxygens (including phenoxy) is 3. The number of hydrogen-bond acceptors (Lipinski definition) is 5. The van der Waals surface area contributed by atoms with Crippen LogP contribution in [0, 0.1) is 0 Å². The maximum atomic E-state index is 11.9. The second-order valence-corrected chi connectivity index (χ2v) is 13.3. The molecule has 2 atom stereocenters. The van der Waals surface area contributed by atoms with Crippen LogP contribution in [-0.4, -0.2) is 45.0 Å². The van der Waals surface area contributed by atoms with Gasteiger partial charge in [-0.2, -0.15) is 0 Å². The smallest absolute Gasteiger partial charge is 0.331 e. The van der Waals surface area contributed by atoms with E-state index < -0.39 is 19.7 Å². The molecule has 2 aliphatic heterocycles. The van der Waals surface area contributed by atoms with Gasteiger partial charge in [-0.25, -0.2) is 4.79 Å². The van der Waals surface area contributed by atoms with E-state index in [1.54, 1.807) is 0 Å². The van der Waals surface area contributed by atoms with Crippen LogP contribution in [0.5, 0.6) is 0 Å². The van der Waals surface area contributed by atoms with E-state index in [1.165, 1.54) is 6.08 Å². The fraction of sp³-hybridized carbons (Fsp3) is 0.824. The molecule has 0 bridgehead atoms. The number of hydrogen-bond donors (Lipinski definition) is 0. The molecule has 2 rings (SSSR count). The molecular weight excluding hydrogens is 312 g/mol. The van der Waals surface area contributed by atoms with Crippen molar-refractivity contribution in [1.82, 2.24) is 0 Å². The highest BCUT2D eigenvalue weighted by Crippen LogP contribution is 2.40. The summed E-state index contributed by atoms with van der Waals surface area (Å²) < 4.78 is 23.8. The minimum atomic E-state index is -1.96. The minimum Gasteiger partial charge on any atom is -0.450 e. The molecule has 23 heavy (non-hydrogen) atoms. The predicted octanol–water partition coefficient (Wildman–Crippen LogP) is 3.40. The molecule has 0 aromatic heterocycles. The molecule has 132 valence electrons. The van der Waals surface area contributed by atoms with Crippen molar-refractivity contribution in [2.75, 3.05) is 13.2 Å². The average molecular weight is 343 g/mol. The number of rotatable bonds is 4. The highest BCUT2D eigenvalue weighted by Gasteiger charge is 2.52. The Balaban J connectivity index is 2.19. The van der Waals surface area contributed by atoms with Crippen LogP contribution in [0.3, 0.4) is 0 Å². The van der Waals surface area contributed by atoms with Crippen LogP contribution < -0.4 is 0 Å². The van der Waals surface area contributed by atoms with Gasteiger partial charge in [0.2, 0.25) is 0 Å². The Hall–Kier alpha value is -0.693. The quantitative estimate of drug-likeness (QED) is 0.579. The lowest BCUT2D eigenvalue weighted by molar-refractivity contribution is -0.197. The van der Waals surface area contributed by atoms with Crippen molar-refractivity contribution in [3.63, 3.8) is 0 Å². The molecule has 0 N–H and O–H groups in total. The van der Waals surface area contributed by atoms with Crippen molar-refractivity contribution in [3.05, 3.63) is 12.2 Å². The molecule has 0 amide bonds. The van der Waals surface area contributed by atoms with Gasteiger partial charge in [-0.15, -0.1) is 0 Å². The van der Waals surface area contributed by atoms with E-state index in [2.05, 4.69) is 33.9 Å². The first-order valence-electron chi connectivity index (χ1n) is 8.22. The molecule has 0 aromatic carbocycles. The molecule has 0 aromatic rings. The van der Waals surface area contributed by atoms with Gasteiger partial charge in [0.25, 0.3) is 0 Å². The van der Waals surface area contributed by atoms with E-state index in [4.69, 9.17) is 18.6 Å². The van der Waals surface area contributed by atoms with Gasteiger partial charge < -0.3 is 18.6 Å². The number of esters is 1. The van der Waals surface area contributed by atoms with Gasteiger partial charge in [0.1, 0.15) is 6.10 Å². The summed E-state index contributed by atoms with van der Waals surface area (Å²) in [4.78, 5) is 11.9. The molecule has 0 saturated carbocycles. The van der Waals surface area contributed by atoms with Gasteiger partial charge in [-0.1, -0.05) is 26.8 Å². The lowest BCUT2D eigenvalue weighted by atomic mass is 9.92. The van der Waals surface area contributed by atoms with Gasteiger partial charge >= 0.3 is 5.97 Å². The SMILES string of the molecule is CC1(C)OC[C@@H]([C@@]2(CO[Si](C)(C)C(C)(C)C)CC=CC(=O)O2)O1. The lowest BCUT2D eigenvalue weighted by Gasteiger charge is -2.43. The highest BCUT2D eigenvalue weighted by molar-refractivity contribution is 6.74. The zero-order chi connectivity index (χ0) is 17.5. The summed E-state index contributed by atoms with van der Waals surface area (Å²) in [5, 5.41) is 0.0923. The molecule has 0 aliphatic carbocycles. The lowest BCUT2D eigenvalue weighted by Crippen LogP contribution is -2.55. The molecule has 1 saturated heterocycles. The van der Waals surface area contributed by atoms with E-state index in [0.29, 0.717) is 19.6 Å². The molecule has 2 heterocycles. The maximum absolute atomic E-state index is 11.9. The molecule has 5 nitrogen and oxygen atoms in total. The number of carbonyl (C=O) groups excluding carboxylic acids is 1. The predicted molar refractivity (Wildman–Crippen MR) is 90.6 cm³/mol. The van der Waals surface area contributed by atoms with Crippen LogP contribution >= 0.6 is 0 Å². The van der Waals surface area contributed by atoms with E-state index in [0.717, 1.165) is 0 Å². The fourth-order valence-electron chi connectivity index (χ4n) is 2.47. The first-order valence-corrected chi connectivity index (χ1v) is 11.1. The van der Waals surface area contributed by atoms with Crippen molar-refractivity contribution >= 4 is 14.3 Å². The first kappa shape index (κ1) is 18.6. The maximum Gasteiger partial charge on any atom is 0.331 e. The molecule has 0 spiro atoms. The zero-order valence-corrected chi connectivity index (χ0v) is 16.4. The second kappa shape index (κ2) is 5.99. The van der Waals surface area contributed by atoms with Crippen LogP contribution in [0.25, 0.3) is 0 Å². The molecular formula is C17H30O5Si. The van der Waals surface area contributed by atoms with Gasteiger partial charge in [-0.3, -0.25) is 0 Å². The summed E-state index contributed by atoms with van der Waals surface area (Å²) in [6.45, 7) is 15.4. The van der Waals surface area contributed by atoms with E-state index >= 15 is 0 Å². The van der Waals surface area contributed by atoms with Crippen molar-refractivity contribution in [1.29, 1.82) is 0 Å². The third kappa shape index (κ3) is 4.05.